The highest BCUT2D eigenvalue weighted by molar-refractivity contribution is 5.68. The summed E-state index contributed by atoms with van der Waals surface area (Å²) in [6.07, 6.45) is 3.22. The minimum absolute atomic E-state index is 0.173. The molecular weight excluding hydrogens is 364 g/mol. The molecule has 0 aromatic heterocycles. The Labute approximate surface area is 163 Å². The molecule has 3 rings (SSSR count). The summed E-state index contributed by atoms with van der Waals surface area (Å²) < 4.78 is 33.1. The van der Waals surface area contributed by atoms with Gasteiger partial charge in [0.05, 0.1) is 0 Å². The van der Waals surface area contributed by atoms with Crippen LogP contribution in [0.25, 0.3) is 0 Å². The Morgan fingerprint density at radius 3 is 2.64 bits per heavy atom. The van der Waals surface area contributed by atoms with Gasteiger partial charge in [-0.25, -0.2) is 13.6 Å². The van der Waals surface area contributed by atoms with Crippen molar-refractivity contribution in [2.24, 2.45) is 5.92 Å². The molecule has 0 bridgehead atoms. The number of rotatable bonds is 8. The summed E-state index contributed by atoms with van der Waals surface area (Å²) >= 11 is 0. The number of ether oxygens (including phenoxy) is 1. The number of carbonyl (C=O) groups is 1. The van der Waals surface area contributed by atoms with Gasteiger partial charge in [0.2, 0.25) is 0 Å². The second-order valence-corrected chi connectivity index (χ2v) is 7.27. The zero-order valence-electron chi connectivity index (χ0n) is 15.7. The third kappa shape index (κ3) is 5.52. The molecule has 1 atom stereocenters. The Balaban J connectivity index is 1.57. The third-order valence-electron chi connectivity index (χ3n) is 5.19. The van der Waals surface area contributed by atoms with Crippen molar-refractivity contribution in [1.29, 1.82) is 0 Å². The Morgan fingerprint density at radius 1 is 1.14 bits per heavy atom. The predicted molar refractivity (Wildman–Crippen MR) is 102 cm³/mol. The fourth-order valence-electron chi connectivity index (χ4n) is 3.81. The summed E-state index contributed by atoms with van der Waals surface area (Å²) in [6.45, 7) is 2.09. The highest BCUT2D eigenvalue weighted by Gasteiger charge is 2.22. The summed E-state index contributed by atoms with van der Waals surface area (Å²) in [5.41, 5.74) is 1.12. The summed E-state index contributed by atoms with van der Waals surface area (Å²) in [4.78, 5) is 13.1. The molecule has 0 radical (unpaired) electrons. The van der Waals surface area contributed by atoms with Gasteiger partial charge in [0.15, 0.2) is 6.61 Å². The molecule has 0 amide bonds. The average molecular weight is 389 g/mol. The summed E-state index contributed by atoms with van der Waals surface area (Å²) in [5.74, 6) is -0.997. The standard InChI is InChI=1S/C22H25F2NO3/c23-19-7-3-8-20(24)18(19)11-10-16-5-4-12-25(13-16)14-17-6-1-2-9-21(17)28-15-22(26)27/h1-3,6-9,16H,4-5,10-15H2,(H,26,27)/t16-/m0/s1. The number of likely N-dealkylation sites (tertiary alicyclic amines) is 1. The second kappa shape index (κ2) is 9.64. The van der Waals surface area contributed by atoms with Crippen LogP contribution in [0.4, 0.5) is 8.78 Å². The molecule has 6 heteroatoms. The van der Waals surface area contributed by atoms with Crippen LogP contribution in [0, 0.1) is 17.6 Å². The van der Waals surface area contributed by atoms with Crippen LogP contribution in [0.5, 0.6) is 5.75 Å². The number of piperidine rings is 1. The molecule has 4 nitrogen and oxygen atoms in total. The van der Waals surface area contributed by atoms with Crippen molar-refractivity contribution >= 4 is 5.97 Å². The molecule has 1 aliphatic rings. The van der Waals surface area contributed by atoms with E-state index in [0.29, 0.717) is 24.6 Å². The lowest BCUT2D eigenvalue weighted by molar-refractivity contribution is -0.139. The van der Waals surface area contributed by atoms with Crippen LogP contribution in [0.1, 0.15) is 30.4 Å². The van der Waals surface area contributed by atoms with Gasteiger partial charge in [-0.2, -0.15) is 0 Å². The van der Waals surface area contributed by atoms with Gasteiger partial charge in [-0.1, -0.05) is 24.3 Å². The van der Waals surface area contributed by atoms with Crippen LogP contribution in [0.2, 0.25) is 0 Å². The van der Waals surface area contributed by atoms with E-state index < -0.39 is 17.6 Å². The summed E-state index contributed by atoms with van der Waals surface area (Å²) in [5, 5.41) is 8.83. The molecule has 1 heterocycles. The van der Waals surface area contributed by atoms with E-state index in [1.54, 1.807) is 6.07 Å². The van der Waals surface area contributed by atoms with Crippen molar-refractivity contribution in [1.82, 2.24) is 4.90 Å². The highest BCUT2D eigenvalue weighted by Crippen LogP contribution is 2.26. The quantitative estimate of drug-likeness (QED) is 0.732. The third-order valence-corrected chi connectivity index (χ3v) is 5.19. The first-order valence-electron chi connectivity index (χ1n) is 9.60. The van der Waals surface area contributed by atoms with E-state index >= 15 is 0 Å². The molecule has 150 valence electrons. The fraction of sp³-hybridized carbons (Fsp3) is 0.409. The maximum absolute atomic E-state index is 13.8. The van der Waals surface area contributed by atoms with E-state index in [1.165, 1.54) is 18.2 Å². The molecule has 0 saturated carbocycles. The van der Waals surface area contributed by atoms with Gasteiger partial charge in [-0.3, -0.25) is 4.90 Å². The van der Waals surface area contributed by atoms with Crippen molar-refractivity contribution in [2.45, 2.75) is 32.2 Å². The number of halogens is 2. The number of hydrogen-bond donors (Lipinski definition) is 1. The number of para-hydroxylation sites is 1. The highest BCUT2D eigenvalue weighted by atomic mass is 19.1. The van der Waals surface area contributed by atoms with Gasteiger partial charge >= 0.3 is 5.97 Å². The van der Waals surface area contributed by atoms with Gasteiger partial charge in [0.25, 0.3) is 0 Å². The smallest absolute Gasteiger partial charge is 0.341 e. The molecule has 2 aromatic carbocycles. The van der Waals surface area contributed by atoms with Crippen molar-refractivity contribution < 1.29 is 23.4 Å². The van der Waals surface area contributed by atoms with Crippen LogP contribution >= 0.6 is 0 Å². The minimum Gasteiger partial charge on any atom is -0.482 e. The van der Waals surface area contributed by atoms with Crippen molar-refractivity contribution in [2.75, 3.05) is 19.7 Å². The van der Waals surface area contributed by atoms with Crippen molar-refractivity contribution in [3.63, 3.8) is 0 Å². The van der Waals surface area contributed by atoms with Gasteiger partial charge < -0.3 is 9.84 Å². The molecule has 1 fully saturated rings. The average Bonchev–Trinajstić information content (AvgIpc) is 2.67. The molecule has 1 N–H and O–H groups in total. The van der Waals surface area contributed by atoms with Gasteiger partial charge in [0.1, 0.15) is 17.4 Å². The first-order valence-corrected chi connectivity index (χ1v) is 9.60. The predicted octanol–water partition coefficient (Wildman–Crippen LogP) is 4.27. The van der Waals surface area contributed by atoms with E-state index in [1.807, 2.05) is 18.2 Å². The number of hydrogen-bond acceptors (Lipinski definition) is 3. The van der Waals surface area contributed by atoms with Gasteiger partial charge in [-0.15, -0.1) is 0 Å². The molecule has 0 unspecified atom stereocenters. The first-order chi connectivity index (χ1) is 13.5. The second-order valence-electron chi connectivity index (χ2n) is 7.27. The van der Waals surface area contributed by atoms with Gasteiger partial charge in [0, 0.05) is 24.2 Å². The molecule has 2 aromatic rings. The maximum atomic E-state index is 13.8. The molecule has 1 saturated heterocycles. The zero-order chi connectivity index (χ0) is 19.9. The normalized spacial score (nSPS) is 17.4. The molecule has 1 aliphatic heterocycles. The topological polar surface area (TPSA) is 49.8 Å². The van der Waals surface area contributed by atoms with Crippen LogP contribution in [-0.4, -0.2) is 35.7 Å². The van der Waals surface area contributed by atoms with E-state index in [2.05, 4.69) is 4.90 Å². The Morgan fingerprint density at radius 2 is 1.89 bits per heavy atom. The molecule has 0 aliphatic carbocycles. The van der Waals surface area contributed by atoms with E-state index in [9.17, 15) is 13.6 Å². The monoisotopic (exact) mass is 389 g/mol. The number of carboxylic acid groups (broad SMARTS) is 1. The first kappa shape index (κ1) is 20.3. The van der Waals surface area contributed by atoms with Crippen LogP contribution in [0.3, 0.4) is 0 Å². The number of carboxylic acids is 1. The van der Waals surface area contributed by atoms with Crippen LogP contribution < -0.4 is 4.74 Å². The Kier molecular flexibility index (Phi) is 6.98. The van der Waals surface area contributed by atoms with Gasteiger partial charge in [-0.05, 0) is 56.3 Å². The lowest BCUT2D eigenvalue weighted by atomic mass is 9.91. The van der Waals surface area contributed by atoms with Crippen LogP contribution in [0.15, 0.2) is 42.5 Å². The molecule has 0 spiro atoms. The van der Waals surface area contributed by atoms with Crippen molar-refractivity contribution in [3.05, 3.63) is 65.2 Å². The fourth-order valence-corrected chi connectivity index (χ4v) is 3.81. The number of benzene rings is 2. The Bertz CT molecular complexity index is 792. The molecule has 28 heavy (non-hydrogen) atoms. The minimum atomic E-state index is -1.01. The number of nitrogens with zero attached hydrogens (tertiary/aromatic N) is 1. The van der Waals surface area contributed by atoms with E-state index in [4.69, 9.17) is 9.84 Å². The zero-order valence-corrected chi connectivity index (χ0v) is 15.7. The molecular formula is C22H25F2NO3. The van der Waals surface area contributed by atoms with E-state index in [0.717, 1.165) is 37.9 Å². The summed E-state index contributed by atoms with van der Waals surface area (Å²) in [6, 6.07) is 11.4. The summed E-state index contributed by atoms with van der Waals surface area (Å²) in [7, 11) is 0. The maximum Gasteiger partial charge on any atom is 0.341 e. The van der Waals surface area contributed by atoms with Crippen molar-refractivity contribution in [3.8, 4) is 5.75 Å². The SMILES string of the molecule is O=C(O)COc1ccccc1CN1CCC[C@@H](CCc2c(F)cccc2F)C1. The van der Waals surface area contributed by atoms with E-state index in [-0.39, 0.29) is 12.2 Å². The van der Waals surface area contributed by atoms with Crippen LogP contribution in [-0.2, 0) is 17.8 Å². The lowest BCUT2D eigenvalue weighted by Gasteiger charge is -2.33. The lowest BCUT2D eigenvalue weighted by Crippen LogP contribution is -2.35. The Hall–Kier alpha value is -2.47. The largest absolute Gasteiger partial charge is 0.482 e. The number of aliphatic carboxylic acids is 1.